The maximum Gasteiger partial charge on any atom is 0.308 e. The van der Waals surface area contributed by atoms with E-state index in [4.69, 9.17) is 0 Å². The molecule has 0 radical (unpaired) electrons. The number of carbonyl (C=O) groups excluding carboxylic acids is 2. The number of aryl methyl sites for hydroxylation is 4. The molecule has 2 saturated heterocycles. The molecular formula is C28H44N6O5. The zero-order valence-electron chi connectivity index (χ0n) is 24.4. The van der Waals surface area contributed by atoms with E-state index in [0.717, 1.165) is 62.2 Å². The minimum absolute atomic E-state index is 0.0110. The predicted octanol–water partition coefficient (Wildman–Crippen LogP) is 2.78. The molecule has 3 atom stereocenters. The van der Waals surface area contributed by atoms with Crippen molar-refractivity contribution < 1.29 is 24.6 Å². The molecule has 2 aromatic heterocycles. The molecule has 0 aromatic carbocycles. The van der Waals surface area contributed by atoms with Gasteiger partial charge in [0.1, 0.15) is 0 Å². The zero-order chi connectivity index (χ0) is 29.0. The Bertz CT molecular complexity index is 1200. The Morgan fingerprint density at radius 3 is 1.72 bits per heavy atom. The van der Waals surface area contributed by atoms with Crippen molar-refractivity contribution in [1.82, 2.24) is 29.4 Å². The molecule has 2 N–H and O–H groups in total. The van der Waals surface area contributed by atoms with Gasteiger partial charge in [-0.25, -0.2) is 0 Å². The van der Waals surface area contributed by atoms with Crippen LogP contribution in [0.4, 0.5) is 0 Å². The summed E-state index contributed by atoms with van der Waals surface area (Å²) in [4.78, 5) is 40.3. The van der Waals surface area contributed by atoms with Crippen LogP contribution in [0.25, 0.3) is 0 Å². The van der Waals surface area contributed by atoms with Crippen LogP contribution in [0.15, 0.2) is 0 Å². The third-order valence-electron chi connectivity index (χ3n) is 8.32. The highest BCUT2D eigenvalue weighted by atomic mass is 16.4. The van der Waals surface area contributed by atoms with Crippen LogP contribution in [-0.2, 0) is 18.9 Å². The van der Waals surface area contributed by atoms with Gasteiger partial charge in [-0.3, -0.25) is 23.7 Å². The van der Waals surface area contributed by atoms with Gasteiger partial charge in [-0.15, -0.1) is 0 Å². The van der Waals surface area contributed by atoms with Crippen LogP contribution in [0.3, 0.4) is 0 Å². The van der Waals surface area contributed by atoms with Crippen LogP contribution >= 0.6 is 0 Å². The number of likely N-dealkylation sites (tertiary alicyclic amines) is 2. The lowest BCUT2D eigenvalue weighted by molar-refractivity contribution is -0.143. The Labute approximate surface area is 230 Å². The van der Waals surface area contributed by atoms with Crippen LogP contribution in [0, 0.1) is 33.6 Å². The first kappa shape index (κ1) is 30.3. The molecule has 2 aliphatic heterocycles. The smallest absolute Gasteiger partial charge is 0.308 e. The molecule has 3 unspecified atom stereocenters. The number of hydrogen-bond acceptors (Lipinski definition) is 6. The van der Waals surface area contributed by atoms with Crippen LogP contribution in [-0.4, -0.2) is 89.1 Å². The van der Waals surface area contributed by atoms with Gasteiger partial charge in [0.2, 0.25) is 0 Å². The first-order chi connectivity index (χ1) is 18.4. The average molecular weight is 545 g/mol. The highest BCUT2D eigenvalue weighted by Gasteiger charge is 2.36. The van der Waals surface area contributed by atoms with E-state index < -0.39 is 11.9 Å². The second-order valence-electron chi connectivity index (χ2n) is 10.9. The van der Waals surface area contributed by atoms with Crippen molar-refractivity contribution in [3.8, 4) is 0 Å². The van der Waals surface area contributed by atoms with Gasteiger partial charge in [0.25, 0.3) is 11.8 Å². The molecule has 11 heteroatoms. The van der Waals surface area contributed by atoms with E-state index in [2.05, 4.69) is 10.2 Å². The van der Waals surface area contributed by atoms with E-state index in [9.17, 15) is 24.6 Å². The van der Waals surface area contributed by atoms with E-state index >= 15 is 0 Å². The van der Waals surface area contributed by atoms with E-state index in [1.54, 1.807) is 26.1 Å². The van der Waals surface area contributed by atoms with Crippen molar-refractivity contribution in [2.45, 2.75) is 85.2 Å². The Kier molecular flexibility index (Phi) is 9.93. The number of aromatic nitrogens is 4. The molecule has 4 rings (SSSR count). The van der Waals surface area contributed by atoms with Gasteiger partial charge in [0, 0.05) is 44.6 Å². The molecule has 11 nitrogen and oxygen atoms in total. The maximum absolute atomic E-state index is 12.9. The molecule has 2 fully saturated rings. The molecular weight excluding hydrogens is 500 g/mol. The number of carboxylic acids is 1. The topological polar surface area (TPSA) is 134 Å². The van der Waals surface area contributed by atoms with Gasteiger partial charge in [-0.1, -0.05) is 0 Å². The Hall–Kier alpha value is -3.21. The average Bonchev–Trinajstić information content (AvgIpc) is 3.33. The fourth-order valence-electron chi connectivity index (χ4n) is 5.81. The summed E-state index contributed by atoms with van der Waals surface area (Å²) >= 11 is 0. The number of hydrogen-bond donors (Lipinski definition) is 2. The Morgan fingerprint density at radius 1 is 0.821 bits per heavy atom. The van der Waals surface area contributed by atoms with Gasteiger partial charge in [0.05, 0.1) is 41.1 Å². The fraction of sp³-hybridized carbons (Fsp3) is 0.679. The number of aliphatic hydroxyl groups excluding tert-OH is 1. The standard InChI is InChI=1S/C15H23N3O3.C13H21N3O2/c1-9(15(20)21)12-7-5-6-8-18(12)14(19)13-10(2)16-17(4)11(13)3;1-9-12(10(2)15(3)14-9)13(18)16-7-5-4-6-11(16)8-17/h9,12H,5-8H2,1-4H3,(H,20,21);11,17H,4-8H2,1-3H3. The summed E-state index contributed by atoms with van der Waals surface area (Å²) in [5, 5.41) is 27.2. The summed E-state index contributed by atoms with van der Waals surface area (Å²) in [6.07, 6.45) is 5.63. The van der Waals surface area contributed by atoms with E-state index in [1.807, 2.05) is 41.8 Å². The molecule has 216 valence electrons. The molecule has 0 spiro atoms. The second-order valence-corrected chi connectivity index (χ2v) is 10.9. The molecule has 0 saturated carbocycles. The molecule has 4 heterocycles. The molecule has 2 aliphatic rings. The van der Waals surface area contributed by atoms with Gasteiger partial charge in [-0.05, 0) is 73.1 Å². The van der Waals surface area contributed by atoms with E-state index in [-0.39, 0.29) is 30.5 Å². The van der Waals surface area contributed by atoms with Gasteiger partial charge < -0.3 is 20.0 Å². The SMILES string of the molecule is Cc1nn(C)c(C)c1C(=O)N1CCCCC1C(C)C(=O)O.Cc1nn(C)c(C)c1C(=O)N1CCCCC1CO. The summed E-state index contributed by atoms with van der Waals surface area (Å²) in [6.45, 7) is 10.5. The number of carboxylic acid groups (broad SMARTS) is 1. The molecule has 2 aromatic rings. The summed E-state index contributed by atoms with van der Waals surface area (Å²) in [5.41, 5.74) is 4.49. The van der Waals surface area contributed by atoms with Crippen molar-refractivity contribution in [1.29, 1.82) is 0 Å². The molecule has 39 heavy (non-hydrogen) atoms. The normalized spacial score (nSPS) is 20.3. The fourth-order valence-corrected chi connectivity index (χ4v) is 5.81. The second kappa shape index (κ2) is 12.8. The highest BCUT2D eigenvalue weighted by molar-refractivity contribution is 5.97. The highest BCUT2D eigenvalue weighted by Crippen LogP contribution is 2.27. The Balaban J connectivity index is 0.000000218. The van der Waals surface area contributed by atoms with Crippen LogP contribution in [0.5, 0.6) is 0 Å². The minimum atomic E-state index is -0.848. The van der Waals surface area contributed by atoms with Crippen LogP contribution in [0.2, 0.25) is 0 Å². The van der Waals surface area contributed by atoms with Crippen molar-refractivity contribution in [2.24, 2.45) is 20.0 Å². The number of piperidine rings is 2. The number of carbonyl (C=O) groups is 3. The van der Waals surface area contributed by atoms with Gasteiger partial charge in [-0.2, -0.15) is 10.2 Å². The maximum atomic E-state index is 12.9. The number of nitrogens with zero attached hydrogens (tertiary/aromatic N) is 6. The minimum Gasteiger partial charge on any atom is -0.481 e. The quantitative estimate of drug-likeness (QED) is 0.591. The molecule has 0 bridgehead atoms. The lowest BCUT2D eigenvalue weighted by Gasteiger charge is -2.38. The van der Waals surface area contributed by atoms with E-state index in [1.165, 1.54) is 0 Å². The Morgan fingerprint density at radius 2 is 1.28 bits per heavy atom. The summed E-state index contributed by atoms with van der Waals surface area (Å²) in [7, 11) is 3.66. The summed E-state index contributed by atoms with van der Waals surface area (Å²) in [5.74, 6) is -1.47. The number of aliphatic hydroxyl groups is 1. The van der Waals surface area contributed by atoms with Crippen molar-refractivity contribution in [3.63, 3.8) is 0 Å². The summed E-state index contributed by atoms with van der Waals surface area (Å²) in [6, 6.07) is -0.270. The molecule has 2 amide bonds. The monoisotopic (exact) mass is 544 g/mol. The van der Waals surface area contributed by atoms with Crippen molar-refractivity contribution >= 4 is 17.8 Å². The largest absolute Gasteiger partial charge is 0.481 e. The first-order valence-corrected chi connectivity index (χ1v) is 13.9. The lowest BCUT2D eigenvalue weighted by Crippen LogP contribution is -2.49. The first-order valence-electron chi connectivity index (χ1n) is 13.9. The number of aliphatic carboxylic acids is 1. The number of rotatable bonds is 5. The predicted molar refractivity (Wildman–Crippen MR) is 147 cm³/mol. The van der Waals surface area contributed by atoms with Gasteiger partial charge >= 0.3 is 5.97 Å². The summed E-state index contributed by atoms with van der Waals surface area (Å²) < 4.78 is 3.43. The van der Waals surface area contributed by atoms with E-state index in [0.29, 0.717) is 23.4 Å². The van der Waals surface area contributed by atoms with Crippen molar-refractivity contribution in [2.75, 3.05) is 19.7 Å². The third-order valence-corrected chi connectivity index (χ3v) is 8.32. The van der Waals surface area contributed by atoms with Gasteiger partial charge in [0.15, 0.2) is 0 Å². The lowest BCUT2D eigenvalue weighted by atomic mass is 9.90. The van der Waals surface area contributed by atoms with Crippen LogP contribution < -0.4 is 0 Å². The zero-order valence-corrected chi connectivity index (χ0v) is 24.4. The number of amides is 2. The molecule has 0 aliphatic carbocycles. The van der Waals surface area contributed by atoms with Crippen molar-refractivity contribution in [3.05, 3.63) is 33.9 Å². The van der Waals surface area contributed by atoms with Crippen LogP contribution in [0.1, 0.15) is 88.9 Å². The third kappa shape index (κ3) is 6.34.